The average Bonchev–Trinajstić information content (AvgIpc) is 3.09. The molecule has 0 bridgehead atoms. The minimum absolute atomic E-state index is 0.165. The third-order valence-electron chi connectivity index (χ3n) is 4.91. The highest BCUT2D eigenvalue weighted by Crippen LogP contribution is 2.19. The van der Waals surface area contributed by atoms with Gasteiger partial charge in [-0.25, -0.2) is 0 Å². The van der Waals surface area contributed by atoms with Crippen molar-refractivity contribution in [2.24, 2.45) is 5.92 Å². The summed E-state index contributed by atoms with van der Waals surface area (Å²) < 4.78 is 7.02. The molecule has 1 N–H and O–H groups in total. The maximum Gasteiger partial charge on any atom is 0.271 e. The van der Waals surface area contributed by atoms with Gasteiger partial charge in [0.05, 0.1) is 13.2 Å². The lowest BCUT2D eigenvalue weighted by molar-refractivity contribution is 0.00671. The van der Waals surface area contributed by atoms with Crippen LogP contribution < -0.4 is 5.32 Å². The van der Waals surface area contributed by atoms with Gasteiger partial charge in [-0.05, 0) is 17.9 Å². The molecule has 1 saturated heterocycles. The summed E-state index contributed by atoms with van der Waals surface area (Å²) >= 11 is 0. The van der Waals surface area contributed by atoms with Gasteiger partial charge >= 0.3 is 0 Å². The van der Waals surface area contributed by atoms with Gasteiger partial charge in [0.2, 0.25) is 0 Å². The molecule has 8 heteroatoms. The fraction of sp³-hybridized carbons (Fsp3) is 0.667. The summed E-state index contributed by atoms with van der Waals surface area (Å²) in [5.74, 6) is 0.502. The number of ether oxygens (including phenoxy) is 1. The highest BCUT2D eigenvalue weighted by Gasteiger charge is 2.25. The molecule has 26 heavy (non-hydrogen) atoms. The molecule has 1 atom stereocenters. The number of hydrogen-bond donors (Lipinski definition) is 1. The van der Waals surface area contributed by atoms with Crippen LogP contribution >= 0.6 is 0 Å². The van der Waals surface area contributed by atoms with Crippen LogP contribution in [0.4, 0.5) is 0 Å². The smallest absolute Gasteiger partial charge is 0.271 e. The molecule has 0 aromatic carbocycles. The van der Waals surface area contributed by atoms with E-state index in [0.29, 0.717) is 23.8 Å². The van der Waals surface area contributed by atoms with Crippen LogP contribution in [0.1, 0.15) is 49.7 Å². The Morgan fingerprint density at radius 2 is 2.00 bits per heavy atom. The molecule has 3 rings (SSSR count). The van der Waals surface area contributed by atoms with E-state index in [1.165, 1.54) is 6.33 Å². The minimum Gasteiger partial charge on any atom is -0.379 e. The molecule has 0 radical (unpaired) electrons. The molecule has 2 aromatic heterocycles. The number of aromatic nitrogens is 4. The normalized spacial score (nSPS) is 17.2. The molecule has 1 aliphatic heterocycles. The van der Waals surface area contributed by atoms with Gasteiger partial charge < -0.3 is 10.1 Å². The zero-order valence-corrected chi connectivity index (χ0v) is 16.0. The first-order valence-corrected chi connectivity index (χ1v) is 9.28. The van der Waals surface area contributed by atoms with Crippen LogP contribution in [0.2, 0.25) is 0 Å². The fourth-order valence-electron chi connectivity index (χ4n) is 3.37. The van der Waals surface area contributed by atoms with Gasteiger partial charge in [0.25, 0.3) is 5.91 Å². The first-order valence-electron chi connectivity index (χ1n) is 9.28. The fourth-order valence-corrected chi connectivity index (χ4v) is 3.37. The quantitative estimate of drug-likeness (QED) is 0.837. The van der Waals surface area contributed by atoms with E-state index in [1.807, 2.05) is 6.07 Å². The predicted octanol–water partition coefficient (Wildman–Crippen LogP) is 1.33. The van der Waals surface area contributed by atoms with Crippen molar-refractivity contribution in [3.05, 3.63) is 23.7 Å². The molecule has 2 aromatic rings. The zero-order chi connectivity index (χ0) is 18.7. The lowest BCUT2D eigenvalue weighted by atomic mass is 10.0. The second-order valence-corrected chi connectivity index (χ2v) is 7.41. The molecule has 0 aliphatic carbocycles. The van der Waals surface area contributed by atoms with Crippen molar-refractivity contribution in [1.82, 2.24) is 30.0 Å². The number of hydrogen-bond acceptors (Lipinski definition) is 6. The van der Waals surface area contributed by atoms with Crippen LogP contribution in [0.15, 0.2) is 12.4 Å². The summed E-state index contributed by atoms with van der Waals surface area (Å²) in [6.07, 6.45) is 1.53. The summed E-state index contributed by atoms with van der Waals surface area (Å²) in [4.78, 5) is 15.1. The number of fused-ring (bicyclic) bond motifs is 1. The second-order valence-electron chi connectivity index (χ2n) is 7.41. The SMILES string of the molecule is CC(C)c1cc(C(=O)NC[C@H](C(C)C)N2CCOCC2)nn2cnnc12. The van der Waals surface area contributed by atoms with E-state index in [4.69, 9.17) is 4.74 Å². The standard InChI is InChI=1S/C18H28N6O2/c1-12(2)14-9-15(22-24-11-20-21-17(14)24)18(25)19-10-16(13(3)4)23-5-7-26-8-6-23/h9,11-13,16H,5-8,10H2,1-4H3,(H,19,25)/t16-/m1/s1. The van der Waals surface area contributed by atoms with Gasteiger partial charge in [0.1, 0.15) is 12.0 Å². The molecule has 1 amide bonds. The summed E-state index contributed by atoms with van der Waals surface area (Å²) in [5, 5.41) is 15.4. The number of nitrogens with zero attached hydrogens (tertiary/aromatic N) is 5. The summed E-state index contributed by atoms with van der Waals surface area (Å²) in [6, 6.07) is 2.11. The van der Waals surface area contributed by atoms with E-state index < -0.39 is 0 Å². The molecule has 1 fully saturated rings. The molecular weight excluding hydrogens is 332 g/mol. The van der Waals surface area contributed by atoms with E-state index >= 15 is 0 Å². The van der Waals surface area contributed by atoms with Gasteiger partial charge in [-0.15, -0.1) is 10.2 Å². The Hall–Kier alpha value is -2.06. The van der Waals surface area contributed by atoms with Gasteiger partial charge in [-0.3, -0.25) is 9.69 Å². The van der Waals surface area contributed by atoms with E-state index in [9.17, 15) is 4.79 Å². The second kappa shape index (κ2) is 8.09. The molecule has 1 aliphatic rings. The van der Waals surface area contributed by atoms with Crippen molar-refractivity contribution < 1.29 is 9.53 Å². The van der Waals surface area contributed by atoms with E-state index in [1.54, 1.807) is 4.52 Å². The van der Waals surface area contributed by atoms with Gasteiger partial charge in [-0.2, -0.15) is 9.61 Å². The summed E-state index contributed by atoms with van der Waals surface area (Å²) in [7, 11) is 0. The predicted molar refractivity (Wildman–Crippen MR) is 98.2 cm³/mol. The van der Waals surface area contributed by atoms with Gasteiger partial charge in [0.15, 0.2) is 5.65 Å². The van der Waals surface area contributed by atoms with Crippen molar-refractivity contribution in [3.63, 3.8) is 0 Å². The highest BCUT2D eigenvalue weighted by atomic mass is 16.5. The van der Waals surface area contributed by atoms with Crippen LogP contribution in [-0.4, -0.2) is 69.5 Å². The van der Waals surface area contributed by atoms with Crippen LogP contribution in [0.3, 0.4) is 0 Å². The average molecular weight is 360 g/mol. The Morgan fingerprint density at radius 1 is 1.27 bits per heavy atom. The topological polar surface area (TPSA) is 84.7 Å². The van der Waals surface area contributed by atoms with Gasteiger partial charge in [0, 0.05) is 31.2 Å². The molecule has 142 valence electrons. The Kier molecular flexibility index (Phi) is 5.83. The highest BCUT2D eigenvalue weighted by molar-refractivity contribution is 5.92. The largest absolute Gasteiger partial charge is 0.379 e. The monoisotopic (exact) mass is 360 g/mol. The summed E-state index contributed by atoms with van der Waals surface area (Å²) in [6.45, 7) is 12.4. The lowest BCUT2D eigenvalue weighted by Gasteiger charge is -2.36. The first kappa shape index (κ1) is 18.7. The number of morpholine rings is 1. The van der Waals surface area contributed by atoms with Crippen molar-refractivity contribution in [1.29, 1.82) is 0 Å². The zero-order valence-electron chi connectivity index (χ0n) is 16.0. The molecule has 8 nitrogen and oxygen atoms in total. The van der Waals surface area contributed by atoms with E-state index in [-0.39, 0.29) is 17.9 Å². The number of rotatable bonds is 6. The van der Waals surface area contributed by atoms with Crippen molar-refractivity contribution >= 4 is 11.6 Å². The molecule has 3 heterocycles. The Balaban J connectivity index is 1.73. The number of amides is 1. The maximum absolute atomic E-state index is 12.7. The van der Waals surface area contributed by atoms with Crippen LogP contribution in [0, 0.1) is 5.92 Å². The molecule has 0 unspecified atom stereocenters. The summed E-state index contributed by atoms with van der Waals surface area (Å²) in [5.41, 5.74) is 2.06. The third kappa shape index (κ3) is 4.02. The van der Waals surface area contributed by atoms with Crippen molar-refractivity contribution in [2.45, 2.75) is 39.7 Å². The number of carbonyl (C=O) groups excluding carboxylic acids is 1. The minimum atomic E-state index is -0.165. The van der Waals surface area contributed by atoms with Crippen LogP contribution in [-0.2, 0) is 4.74 Å². The molecule has 0 spiro atoms. The van der Waals surface area contributed by atoms with Crippen LogP contribution in [0.5, 0.6) is 0 Å². The van der Waals surface area contributed by atoms with Crippen molar-refractivity contribution in [3.8, 4) is 0 Å². The first-order chi connectivity index (χ1) is 12.5. The van der Waals surface area contributed by atoms with Crippen molar-refractivity contribution in [2.75, 3.05) is 32.8 Å². The lowest BCUT2D eigenvalue weighted by Crippen LogP contribution is -2.51. The molecule has 0 saturated carbocycles. The van der Waals surface area contributed by atoms with Crippen LogP contribution in [0.25, 0.3) is 5.65 Å². The third-order valence-corrected chi connectivity index (χ3v) is 4.91. The van der Waals surface area contributed by atoms with Gasteiger partial charge in [-0.1, -0.05) is 27.7 Å². The molecular formula is C18H28N6O2. The number of nitrogens with one attached hydrogen (secondary N) is 1. The Morgan fingerprint density at radius 3 is 2.65 bits per heavy atom. The van der Waals surface area contributed by atoms with E-state index in [0.717, 1.165) is 31.9 Å². The maximum atomic E-state index is 12.7. The Bertz CT molecular complexity index is 751. The Labute approximate surface area is 153 Å². The number of carbonyl (C=O) groups is 1. The van der Waals surface area contributed by atoms with E-state index in [2.05, 4.69) is 53.2 Å².